The van der Waals surface area contributed by atoms with Gasteiger partial charge in [0.2, 0.25) is 0 Å². The predicted octanol–water partition coefficient (Wildman–Crippen LogP) is 2.69. The Hall–Kier alpha value is -1.84. The van der Waals surface area contributed by atoms with Gasteiger partial charge in [0.25, 0.3) is 0 Å². The molecule has 1 aromatic heterocycles. The molecule has 0 aliphatic carbocycles. The van der Waals surface area contributed by atoms with Crippen molar-refractivity contribution in [3.05, 3.63) is 29.6 Å². The molecule has 0 radical (unpaired) electrons. The van der Waals surface area contributed by atoms with Crippen molar-refractivity contribution in [2.75, 3.05) is 0 Å². The summed E-state index contributed by atoms with van der Waals surface area (Å²) < 4.78 is 1.93. The van der Waals surface area contributed by atoms with Crippen LogP contribution in [-0.2, 0) is 4.79 Å². The van der Waals surface area contributed by atoms with Crippen molar-refractivity contribution < 1.29 is 9.90 Å². The largest absolute Gasteiger partial charge is 0.481 e. The summed E-state index contributed by atoms with van der Waals surface area (Å²) in [5.74, 6) is -0.789. The summed E-state index contributed by atoms with van der Waals surface area (Å²) in [4.78, 5) is 15.0. The van der Waals surface area contributed by atoms with Gasteiger partial charge in [0, 0.05) is 6.04 Å². The number of carboxylic acid groups (broad SMARTS) is 1. The van der Waals surface area contributed by atoms with Crippen molar-refractivity contribution in [3.63, 3.8) is 0 Å². The fourth-order valence-corrected chi connectivity index (χ4v) is 1.98. The number of fused-ring (bicyclic) bond motifs is 1. The average molecular weight is 232 g/mol. The second-order valence-corrected chi connectivity index (χ2v) is 4.52. The van der Waals surface area contributed by atoms with Gasteiger partial charge in [-0.05, 0) is 44.0 Å². The normalized spacial score (nSPS) is 12.9. The van der Waals surface area contributed by atoms with Crippen LogP contribution < -0.4 is 0 Å². The molecule has 0 amide bonds. The molecule has 2 aromatic rings. The molecule has 0 fully saturated rings. The molecule has 17 heavy (non-hydrogen) atoms. The highest BCUT2D eigenvalue weighted by atomic mass is 16.4. The van der Waals surface area contributed by atoms with Crippen LogP contribution in [0.15, 0.2) is 18.5 Å². The number of imidazole rings is 1. The zero-order valence-corrected chi connectivity index (χ0v) is 10.3. The van der Waals surface area contributed by atoms with Gasteiger partial charge >= 0.3 is 5.97 Å². The van der Waals surface area contributed by atoms with Crippen LogP contribution in [0.5, 0.6) is 0 Å². The Morgan fingerprint density at radius 3 is 2.71 bits per heavy atom. The zero-order valence-electron chi connectivity index (χ0n) is 10.3. The maximum atomic E-state index is 10.7. The predicted molar refractivity (Wildman–Crippen MR) is 66.2 cm³/mol. The highest BCUT2D eigenvalue weighted by Gasteiger charge is 2.13. The topological polar surface area (TPSA) is 55.1 Å². The van der Waals surface area contributed by atoms with Gasteiger partial charge in [-0.3, -0.25) is 4.79 Å². The number of hydrogen-bond donors (Lipinski definition) is 1. The third-order valence-corrected chi connectivity index (χ3v) is 3.14. The lowest BCUT2D eigenvalue weighted by molar-refractivity contribution is -0.137. The summed E-state index contributed by atoms with van der Waals surface area (Å²) in [5, 5.41) is 8.82. The van der Waals surface area contributed by atoms with E-state index < -0.39 is 5.97 Å². The molecule has 0 saturated heterocycles. The number of benzene rings is 1. The van der Waals surface area contributed by atoms with E-state index in [4.69, 9.17) is 5.11 Å². The molecule has 0 unspecified atom stereocenters. The van der Waals surface area contributed by atoms with Crippen molar-refractivity contribution in [1.29, 1.82) is 0 Å². The van der Waals surface area contributed by atoms with Crippen LogP contribution in [0, 0.1) is 13.8 Å². The molecule has 0 saturated carbocycles. The molecule has 0 spiro atoms. The van der Waals surface area contributed by atoms with E-state index in [0.717, 1.165) is 11.0 Å². The minimum Gasteiger partial charge on any atom is -0.481 e. The Balaban J connectivity index is 2.48. The molecule has 1 heterocycles. The zero-order chi connectivity index (χ0) is 12.6. The Kier molecular flexibility index (Phi) is 2.88. The molecule has 2 rings (SSSR count). The Morgan fingerprint density at radius 1 is 1.41 bits per heavy atom. The van der Waals surface area contributed by atoms with Gasteiger partial charge < -0.3 is 9.67 Å². The Morgan fingerprint density at radius 2 is 2.06 bits per heavy atom. The smallest absolute Gasteiger partial charge is 0.305 e. The van der Waals surface area contributed by atoms with Gasteiger partial charge in [0.05, 0.1) is 23.8 Å². The van der Waals surface area contributed by atoms with Crippen molar-refractivity contribution in [2.45, 2.75) is 33.2 Å². The fraction of sp³-hybridized carbons (Fsp3) is 0.385. The van der Waals surface area contributed by atoms with Crippen molar-refractivity contribution in [3.8, 4) is 0 Å². The maximum Gasteiger partial charge on any atom is 0.305 e. The lowest BCUT2D eigenvalue weighted by Gasteiger charge is -2.12. The van der Waals surface area contributed by atoms with Gasteiger partial charge in [-0.1, -0.05) is 0 Å². The van der Waals surface area contributed by atoms with Crippen molar-refractivity contribution in [2.24, 2.45) is 0 Å². The Labute approximate surface area is 99.9 Å². The SMILES string of the molecule is Cc1cc2ncn([C@@H](C)CC(=O)O)c2cc1C. The first-order valence-electron chi connectivity index (χ1n) is 5.64. The lowest BCUT2D eigenvalue weighted by atomic mass is 10.1. The lowest BCUT2D eigenvalue weighted by Crippen LogP contribution is -2.09. The molecule has 4 nitrogen and oxygen atoms in total. The molecule has 0 aliphatic rings. The second kappa shape index (κ2) is 4.20. The highest BCUT2D eigenvalue weighted by molar-refractivity contribution is 5.77. The summed E-state index contributed by atoms with van der Waals surface area (Å²) >= 11 is 0. The number of hydrogen-bond acceptors (Lipinski definition) is 2. The van der Waals surface area contributed by atoms with Crippen molar-refractivity contribution >= 4 is 17.0 Å². The number of aliphatic carboxylic acids is 1. The van der Waals surface area contributed by atoms with E-state index in [2.05, 4.69) is 18.0 Å². The quantitative estimate of drug-likeness (QED) is 0.885. The van der Waals surface area contributed by atoms with Gasteiger partial charge in [0.1, 0.15) is 0 Å². The molecule has 1 atom stereocenters. The molecular weight excluding hydrogens is 216 g/mol. The van der Waals surface area contributed by atoms with Crippen LogP contribution >= 0.6 is 0 Å². The Bertz CT molecular complexity index is 572. The van der Waals surface area contributed by atoms with Crippen LogP contribution in [0.4, 0.5) is 0 Å². The van der Waals surface area contributed by atoms with Gasteiger partial charge in [-0.15, -0.1) is 0 Å². The van der Waals surface area contributed by atoms with Gasteiger partial charge in [0.15, 0.2) is 0 Å². The first kappa shape index (κ1) is 11.6. The van der Waals surface area contributed by atoms with Crippen molar-refractivity contribution in [1.82, 2.24) is 9.55 Å². The summed E-state index contributed by atoms with van der Waals surface area (Å²) in [6, 6.07) is 4.02. The molecule has 4 heteroatoms. The highest BCUT2D eigenvalue weighted by Crippen LogP contribution is 2.22. The number of rotatable bonds is 3. The summed E-state index contributed by atoms with van der Waals surface area (Å²) in [6.07, 6.45) is 1.83. The maximum absolute atomic E-state index is 10.7. The first-order valence-corrected chi connectivity index (χ1v) is 5.64. The molecule has 0 aliphatic heterocycles. The first-order chi connectivity index (χ1) is 7.99. The summed E-state index contributed by atoms with van der Waals surface area (Å²) in [6.45, 7) is 5.99. The number of aryl methyl sites for hydroxylation is 2. The molecule has 0 bridgehead atoms. The average Bonchev–Trinajstić information content (AvgIpc) is 2.60. The second-order valence-electron chi connectivity index (χ2n) is 4.52. The van der Waals surface area contributed by atoms with Gasteiger partial charge in [-0.2, -0.15) is 0 Å². The monoisotopic (exact) mass is 232 g/mol. The number of nitrogens with zero attached hydrogens (tertiary/aromatic N) is 2. The van der Waals surface area contributed by atoms with E-state index in [-0.39, 0.29) is 12.5 Å². The standard InChI is InChI=1S/C13H16N2O2/c1-8-4-11-12(5-9(8)2)15(7-14-11)10(3)6-13(16)17/h4-5,7,10H,6H2,1-3H3,(H,16,17)/t10-/m0/s1. The molecule has 1 N–H and O–H groups in total. The van der Waals surface area contributed by atoms with E-state index in [1.807, 2.05) is 24.5 Å². The van der Waals surface area contributed by atoms with Crippen LogP contribution in [0.3, 0.4) is 0 Å². The summed E-state index contributed by atoms with van der Waals surface area (Å²) in [5.41, 5.74) is 4.32. The van der Waals surface area contributed by atoms with E-state index in [9.17, 15) is 4.79 Å². The number of aromatic nitrogens is 2. The minimum atomic E-state index is -0.789. The molecular formula is C13H16N2O2. The molecule has 90 valence electrons. The minimum absolute atomic E-state index is 0.0837. The van der Waals surface area contributed by atoms with Crippen LogP contribution in [-0.4, -0.2) is 20.6 Å². The van der Waals surface area contributed by atoms with E-state index in [1.165, 1.54) is 11.1 Å². The third-order valence-electron chi connectivity index (χ3n) is 3.14. The summed E-state index contributed by atoms with van der Waals surface area (Å²) in [7, 11) is 0. The number of carbonyl (C=O) groups is 1. The van der Waals surface area contributed by atoms with Crippen LogP contribution in [0.25, 0.3) is 11.0 Å². The van der Waals surface area contributed by atoms with Gasteiger partial charge in [-0.25, -0.2) is 4.98 Å². The fourth-order valence-electron chi connectivity index (χ4n) is 1.98. The third kappa shape index (κ3) is 2.16. The van der Waals surface area contributed by atoms with Crippen LogP contribution in [0.1, 0.15) is 30.5 Å². The molecule has 1 aromatic carbocycles. The number of carboxylic acids is 1. The van der Waals surface area contributed by atoms with E-state index >= 15 is 0 Å². The van der Waals surface area contributed by atoms with E-state index in [1.54, 1.807) is 6.33 Å². The van der Waals surface area contributed by atoms with Crippen LogP contribution in [0.2, 0.25) is 0 Å². The van der Waals surface area contributed by atoms with E-state index in [0.29, 0.717) is 0 Å².